The van der Waals surface area contributed by atoms with Gasteiger partial charge in [-0.3, -0.25) is 14.3 Å². The number of hydrogen-bond acceptors (Lipinski definition) is 7. The topological polar surface area (TPSA) is 118 Å². The van der Waals surface area contributed by atoms with Gasteiger partial charge in [0.05, 0.1) is 4.90 Å². The van der Waals surface area contributed by atoms with E-state index in [1.165, 1.54) is 17.6 Å². The number of halogens is 1. The van der Waals surface area contributed by atoms with Crippen LogP contribution in [0.5, 0.6) is 0 Å². The second-order valence-corrected chi connectivity index (χ2v) is 11.3. The predicted molar refractivity (Wildman–Crippen MR) is 138 cm³/mol. The number of rotatable bonds is 6. The molecule has 4 aromatic rings. The Labute approximate surface area is 216 Å². The van der Waals surface area contributed by atoms with Crippen molar-refractivity contribution in [3.05, 3.63) is 65.3 Å². The Kier molecular flexibility index (Phi) is 6.41. The van der Waals surface area contributed by atoms with Crippen molar-refractivity contribution in [2.45, 2.75) is 24.4 Å². The maximum atomic E-state index is 13.1. The number of anilines is 2. The molecule has 1 aliphatic heterocycles. The van der Waals surface area contributed by atoms with E-state index in [0.29, 0.717) is 10.7 Å². The Morgan fingerprint density at radius 1 is 1.19 bits per heavy atom. The first kappa shape index (κ1) is 24.2. The van der Waals surface area contributed by atoms with E-state index in [4.69, 9.17) is 11.6 Å². The lowest BCUT2D eigenvalue weighted by atomic mass is 10.1. The van der Waals surface area contributed by atoms with Crippen molar-refractivity contribution in [2.75, 3.05) is 22.7 Å². The number of aromatic nitrogens is 3. The minimum Gasteiger partial charge on any atom is -0.338 e. The smallest absolute Gasteiger partial charge is 0.263 e. The standard InChI is InChI=1S/C23H21ClN6O4S2/c1-15-11-30(18-4-6-19(7-5-18)36(33,34)27-23-26-25-14-35-23)22(32)13-29(15)21(31)12-28-9-8-16-2-3-17(24)10-20(16)28/h2-10,14-15H,11-13H2,1H3,(H,26,27)/t15-/m1/s1. The molecular weight excluding hydrogens is 524 g/mol. The van der Waals surface area contributed by atoms with Crippen LogP contribution in [0, 0.1) is 0 Å². The molecule has 0 saturated carbocycles. The van der Waals surface area contributed by atoms with Crippen molar-refractivity contribution < 1.29 is 18.0 Å². The van der Waals surface area contributed by atoms with Crippen LogP contribution in [0.4, 0.5) is 10.8 Å². The Morgan fingerprint density at radius 3 is 2.69 bits per heavy atom. The number of amides is 2. The van der Waals surface area contributed by atoms with E-state index in [2.05, 4.69) is 14.9 Å². The van der Waals surface area contributed by atoms with Crippen molar-refractivity contribution in [3.63, 3.8) is 0 Å². The van der Waals surface area contributed by atoms with Crippen molar-refractivity contribution in [2.24, 2.45) is 0 Å². The van der Waals surface area contributed by atoms with Crippen LogP contribution in [0.25, 0.3) is 10.9 Å². The molecular formula is C23H21ClN6O4S2. The van der Waals surface area contributed by atoms with E-state index >= 15 is 0 Å². The van der Waals surface area contributed by atoms with Gasteiger partial charge >= 0.3 is 0 Å². The molecule has 3 heterocycles. The first-order valence-electron chi connectivity index (χ1n) is 10.9. The summed E-state index contributed by atoms with van der Waals surface area (Å²) in [6, 6.07) is 13.2. The van der Waals surface area contributed by atoms with E-state index in [9.17, 15) is 18.0 Å². The van der Waals surface area contributed by atoms with Crippen LogP contribution < -0.4 is 9.62 Å². The molecule has 1 N–H and O–H groups in total. The third-order valence-corrected chi connectivity index (χ3v) is 8.31. The molecule has 1 aliphatic rings. The van der Waals surface area contributed by atoms with Crippen LogP contribution in [0.15, 0.2) is 65.1 Å². The summed E-state index contributed by atoms with van der Waals surface area (Å²) in [5.74, 6) is -0.415. The molecule has 36 heavy (non-hydrogen) atoms. The first-order valence-corrected chi connectivity index (χ1v) is 13.7. The number of nitrogens with one attached hydrogen (secondary N) is 1. The van der Waals surface area contributed by atoms with Gasteiger partial charge in [0.2, 0.25) is 16.9 Å². The Hall–Kier alpha value is -3.48. The van der Waals surface area contributed by atoms with E-state index in [1.54, 1.807) is 28.0 Å². The zero-order valence-corrected chi connectivity index (χ0v) is 21.4. The number of fused-ring (bicyclic) bond motifs is 1. The zero-order chi connectivity index (χ0) is 25.4. The van der Waals surface area contributed by atoms with Gasteiger partial charge in [0.15, 0.2) is 0 Å². The normalized spacial score (nSPS) is 16.5. The molecule has 2 amide bonds. The molecule has 1 saturated heterocycles. The Morgan fingerprint density at radius 2 is 1.97 bits per heavy atom. The summed E-state index contributed by atoms with van der Waals surface area (Å²) in [6.45, 7) is 2.19. The number of nitrogens with zero attached hydrogens (tertiary/aromatic N) is 5. The van der Waals surface area contributed by atoms with Crippen LogP contribution in [0.2, 0.25) is 5.02 Å². The Bertz CT molecular complexity index is 1540. The van der Waals surface area contributed by atoms with E-state index in [1.807, 2.05) is 35.9 Å². The molecule has 1 fully saturated rings. The zero-order valence-electron chi connectivity index (χ0n) is 19.0. The first-order chi connectivity index (χ1) is 17.2. The minimum absolute atomic E-state index is 0.0369. The molecule has 0 spiro atoms. The minimum atomic E-state index is -3.83. The SMILES string of the molecule is C[C@@H]1CN(c2ccc(S(=O)(=O)Nc3nncs3)cc2)C(=O)CN1C(=O)Cn1ccc2ccc(Cl)cc21. The molecule has 0 radical (unpaired) electrons. The monoisotopic (exact) mass is 544 g/mol. The van der Waals surface area contributed by atoms with Gasteiger partial charge in [0.1, 0.15) is 18.6 Å². The fraction of sp³-hybridized carbons (Fsp3) is 0.217. The lowest BCUT2D eigenvalue weighted by Gasteiger charge is -2.39. The molecule has 5 rings (SSSR count). The lowest BCUT2D eigenvalue weighted by Crippen LogP contribution is -2.57. The highest BCUT2D eigenvalue weighted by Gasteiger charge is 2.33. The average Bonchev–Trinajstić information content (AvgIpc) is 3.50. The van der Waals surface area contributed by atoms with Crippen molar-refractivity contribution in [3.8, 4) is 0 Å². The van der Waals surface area contributed by atoms with Gasteiger partial charge in [-0.25, -0.2) is 8.42 Å². The highest BCUT2D eigenvalue weighted by molar-refractivity contribution is 7.93. The van der Waals surface area contributed by atoms with Crippen LogP contribution in [-0.2, 0) is 26.2 Å². The molecule has 0 bridgehead atoms. The van der Waals surface area contributed by atoms with Gasteiger partial charge in [0.25, 0.3) is 10.0 Å². The molecule has 186 valence electrons. The van der Waals surface area contributed by atoms with Gasteiger partial charge in [-0.1, -0.05) is 29.0 Å². The predicted octanol–water partition coefficient (Wildman–Crippen LogP) is 3.21. The second kappa shape index (κ2) is 9.52. The summed E-state index contributed by atoms with van der Waals surface area (Å²) in [6.07, 6.45) is 1.83. The third-order valence-electron chi connectivity index (χ3n) is 5.99. The van der Waals surface area contributed by atoms with E-state index in [0.717, 1.165) is 22.2 Å². The second-order valence-electron chi connectivity index (χ2n) is 8.37. The quantitative estimate of drug-likeness (QED) is 0.398. The molecule has 2 aromatic carbocycles. The summed E-state index contributed by atoms with van der Waals surface area (Å²) < 4.78 is 29.3. The maximum Gasteiger partial charge on any atom is 0.263 e. The van der Waals surface area contributed by atoms with Crippen molar-refractivity contribution >= 4 is 66.5 Å². The molecule has 0 unspecified atom stereocenters. The highest BCUT2D eigenvalue weighted by atomic mass is 35.5. The van der Waals surface area contributed by atoms with Gasteiger partial charge < -0.3 is 14.4 Å². The van der Waals surface area contributed by atoms with Crippen LogP contribution in [0.1, 0.15) is 6.92 Å². The van der Waals surface area contributed by atoms with Crippen molar-refractivity contribution in [1.29, 1.82) is 0 Å². The number of sulfonamides is 1. The fourth-order valence-electron chi connectivity index (χ4n) is 4.16. The van der Waals surface area contributed by atoms with Gasteiger partial charge in [-0.15, -0.1) is 10.2 Å². The number of piperazine rings is 1. The Balaban J connectivity index is 1.27. The molecule has 10 nitrogen and oxygen atoms in total. The summed E-state index contributed by atoms with van der Waals surface area (Å²) in [4.78, 5) is 29.2. The summed E-state index contributed by atoms with van der Waals surface area (Å²) in [5.41, 5.74) is 2.83. The number of hydrogen-bond donors (Lipinski definition) is 1. The molecule has 0 aliphatic carbocycles. The number of carbonyl (C=O) groups is 2. The van der Waals surface area contributed by atoms with Crippen molar-refractivity contribution in [1.82, 2.24) is 19.7 Å². The average molecular weight is 545 g/mol. The molecule has 2 aromatic heterocycles. The van der Waals surface area contributed by atoms with Crippen LogP contribution >= 0.6 is 22.9 Å². The largest absolute Gasteiger partial charge is 0.338 e. The fourth-order valence-corrected chi connectivity index (χ4v) is 6.02. The van der Waals surface area contributed by atoms with Gasteiger partial charge in [0, 0.05) is 35.0 Å². The van der Waals surface area contributed by atoms with E-state index < -0.39 is 10.0 Å². The molecule has 13 heteroatoms. The summed E-state index contributed by atoms with van der Waals surface area (Å²) in [5, 5.41) is 9.02. The van der Waals surface area contributed by atoms with Gasteiger partial charge in [-0.2, -0.15) is 0 Å². The third kappa shape index (κ3) is 4.79. The maximum absolute atomic E-state index is 13.1. The van der Waals surface area contributed by atoms with Crippen LogP contribution in [0.3, 0.4) is 0 Å². The highest BCUT2D eigenvalue weighted by Crippen LogP contribution is 2.25. The summed E-state index contributed by atoms with van der Waals surface area (Å²) in [7, 11) is -3.83. The summed E-state index contributed by atoms with van der Waals surface area (Å²) >= 11 is 7.19. The van der Waals surface area contributed by atoms with E-state index in [-0.39, 0.29) is 47.5 Å². The van der Waals surface area contributed by atoms with Crippen LogP contribution in [-0.4, -0.2) is 59.0 Å². The van der Waals surface area contributed by atoms with Gasteiger partial charge in [-0.05, 0) is 54.8 Å². The number of carbonyl (C=O) groups excluding carboxylic acids is 2. The number of benzene rings is 2. The lowest BCUT2D eigenvalue weighted by molar-refractivity contribution is -0.139. The molecule has 1 atom stereocenters.